The largest absolute Gasteiger partial charge is 0.353 e. The Morgan fingerprint density at radius 3 is 2.32 bits per heavy atom. The van der Waals surface area contributed by atoms with Crippen LogP contribution < -0.4 is 5.32 Å². The molecule has 1 aromatic heterocycles. The van der Waals surface area contributed by atoms with E-state index in [0.717, 1.165) is 23.5 Å². The first-order chi connectivity index (χ1) is 13.6. The molecule has 2 atom stereocenters. The van der Waals surface area contributed by atoms with Gasteiger partial charge in [-0.05, 0) is 25.0 Å². The van der Waals surface area contributed by atoms with Crippen LogP contribution in [-0.2, 0) is 4.79 Å². The highest BCUT2D eigenvalue weighted by Gasteiger charge is 2.18. The fraction of sp³-hybridized carbons (Fsp3) is 0.318. The molecule has 28 heavy (non-hydrogen) atoms. The van der Waals surface area contributed by atoms with Gasteiger partial charge in [0.15, 0.2) is 11.0 Å². The van der Waals surface area contributed by atoms with Crippen LogP contribution >= 0.6 is 11.8 Å². The molecule has 0 aliphatic rings. The van der Waals surface area contributed by atoms with E-state index in [1.807, 2.05) is 65.2 Å². The van der Waals surface area contributed by atoms with Gasteiger partial charge in [0, 0.05) is 17.3 Å². The summed E-state index contributed by atoms with van der Waals surface area (Å²) in [6.45, 7) is 6.34. The zero-order valence-electron chi connectivity index (χ0n) is 16.5. The number of nitrogens with one attached hydrogen (secondary N) is 1. The molecular formula is C22H26N4OS. The molecule has 3 aromatic rings. The summed E-state index contributed by atoms with van der Waals surface area (Å²) in [5, 5.41) is 12.6. The van der Waals surface area contributed by atoms with E-state index in [0.29, 0.717) is 16.8 Å². The first kappa shape index (κ1) is 20.1. The molecule has 6 heteroatoms. The molecular weight excluding hydrogens is 368 g/mol. The van der Waals surface area contributed by atoms with Crippen LogP contribution in [0.2, 0.25) is 0 Å². The topological polar surface area (TPSA) is 59.8 Å². The van der Waals surface area contributed by atoms with E-state index >= 15 is 0 Å². The highest BCUT2D eigenvalue weighted by atomic mass is 32.2. The van der Waals surface area contributed by atoms with Gasteiger partial charge in [-0.25, -0.2) is 0 Å². The molecule has 0 saturated heterocycles. The Balaban J connectivity index is 1.82. The van der Waals surface area contributed by atoms with Gasteiger partial charge in [0.05, 0.1) is 5.75 Å². The summed E-state index contributed by atoms with van der Waals surface area (Å²) >= 11 is 1.40. The number of hydrogen-bond donors (Lipinski definition) is 1. The first-order valence-electron chi connectivity index (χ1n) is 9.58. The van der Waals surface area contributed by atoms with Gasteiger partial charge in [-0.1, -0.05) is 80.6 Å². The third kappa shape index (κ3) is 4.81. The molecule has 0 fully saturated rings. The normalized spacial score (nSPS) is 13.1. The molecule has 0 unspecified atom stereocenters. The number of aromatic nitrogens is 3. The third-order valence-electron chi connectivity index (χ3n) is 4.90. The van der Waals surface area contributed by atoms with Gasteiger partial charge in [-0.15, -0.1) is 10.2 Å². The Morgan fingerprint density at radius 2 is 1.68 bits per heavy atom. The molecule has 1 N–H and O–H groups in total. The number of nitrogens with zero attached hydrogens (tertiary/aromatic N) is 3. The summed E-state index contributed by atoms with van der Waals surface area (Å²) in [5.41, 5.74) is 1.96. The second-order valence-electron chi connectivity index (χ2n) is 6.87. The molecule has 3 rings (SSSR count). The lowest BCUT2D eigenvalue weighted by atomic mass is 10.0. The molecule has 0 bridgehead atoms. The molecule has 0 saturated carbocycles. The quantitative estimate of drug-likeness (QED) is 0.568. The number of rotatable bonds is 8. The first-order valence-corrected chi connectivity index (χ1v) is 10.6. The van der Waals surface area contributed by atoms with E-state index in [-0.39, 0.29) is 11.9 Å². The minimum atomic E-state index is 0.0154. The van der Waals surface area contributed by atoms with Crippen LogP contribution in [0.3, 0.4) is 0 Å². The Hall–Kier alpha value is -2.60. The van der Waals surface area contributed by atoms with Crippen molar-refractivity contribution in [3.8, 4) is 17.1 Å². The second-order valence-corrected chi connectivity index (χ2v) is 7.82. The van der Waals surface area contributed by atoms with Gasteiger partial charge < -0.3 is 5.32 Å². The van der Waals surface area contributed by atoms with Gasteiger partial charge in [0.2, 0.25) is 5.91 Å². The third-order valence-corrected chi connectivity index (χ3v) is 5.83. The van der Waals surface area contributed by atoms with Crippen molar-refractivity contribution >= 4 is 17.7 Å². The van der Waals surface area contributed by atoms with Crippen molar-refractivity contribution in [3.63, 3.8) is 0 Å². The number of hydrogen-bond acceptors (Lipinski definition) is 4. The summed E-state index contributed by atoms with van der Waals surface area (Å²) in [6, 6.07) is 20.1. The number of carbonyl (C=O) groups is 1. The van der Waals surface area contributed by atoms with E-state index in [2.05, 4.69) is 36.3 Å². The minimum Gasteiger partial charge on any atom is -0.353 e. The lowest BCUT2D eigenvalue weighted by molar-refractivity contribution is -0.119. The van der Waals surface area contributed by atoms with Gasteiger partial charge in [-0.2, -0.15) is 0 Å². The smallest absolute Gasteiger partial charge is 0.230 e. The van der Waals surface area contributed by atoms with Crippen LogP contribution in [0.25, 0.3) is 17.1 Å². The van der Waals surface area contributed by atoms with Crippen LogP contribution in [0.15, 0.2) is 65.8 Å². The number of thioether (sulfide) groups is 1. The fourth-order valence-electron chi connectivity index (χ4n) is 2.87. The van der Waals surface area contributed by atoms with Crippen molar-refractivity contribution < 1.29 is 4.79 Å². The summed E-state index contributed by atoms with van der Waals surface area (Å²) in [4.78, 5) is 12.4. The van der Waals surface area contributed by atoms with Gasteiger partial charge in [0.25, 0.3) is 0 Å². The summed E-state index contributed by atoms with van der Waals surface area (Å²) in [7, 11) is 0. The van der Waals surface area contributed by atoms with Crippen LogP contribution in [0.4, 0.5) is 0 Å². The maximum atomic E-state index is 12.4. The van der Waals surface area contributed by atoms with Gasteiger partial charge in [0.1, 0.15) is 0 Å². The van der Waals surface area contributed by atoms with Crippen molar-refractivity contribution in [3.05, 3.63) is 60.7 Å². The van der Waals surface area contributed by atoms with Crippen molar-refractivity contribution in [2.24, 2.45) is 5.92 Å². The maximum Gasteiger partial charge on any atom is 0.230 e. The average Bonchev–Trinajstić information content (AvgIpc) is 3.16. The predicted octanol–water partition coefficient (Wildman–Crippen LogP) is 4.58. The zero-order valence-corrected chi connectivity index (χ0v) is 17.3. The van der Waals surface area contributed by atoms with Gasteiger partial charge >= 0.3 is 0 Å². The number of carbonyl (C=O) groups excluding carboxylic acids is 1. The zero-order chi connectivity index (χ0) is 19.9. The average molecular weight is 395 g/mol. The summed E-state index contributed by atoms with van der Waals surface area (Å²) < 4.78 is 2.01. The van der Waals surface area contributed by atoms with Crippen LogP contribution in [0.1, 0.15) is 27.2 Å². The predicted molar refractivity (Wildman–Crippen MR) is 115 cm³/mol. The van der Waals surface area contributed by atoms with E-state index in [9.17, 15) is 4.79 Å². The molecule has 0 aliphatic heterocycles. The molecule has 5 nitrogen and oxygen atoms in total. The molecule has 1 heterocycles. The molecule has 1 amide bonds. The Labute approximate surface area is 170 Å². The van der Waals surface area contributed by atoms with E-state index in [1.54, 1.807) is 0 Å². The number of para-hydroxylation sites is 1. The fourth-order valence-corrected chi connectivity index (χ4v) is 3.63. The van der Waals surface area contributed by atoms with Crippen molar-refractivity contribution in [1.82, 2.24) is 20.1 Å². The Morgan fingerprint density at radius 1 is 1.04 bits per heavy atom. The van der Waals surface area contributed by atoms with Gasteiger partial charge in [-0.3, -0.25) is 9.36 Å². The standard InChI is InChI=1S/C22H26N4OS/c1-4-16(2)17(3)23-20(27)15-28-22-25-24-21(18-11-7-5-8-12-18)26(22)19-13-9-6-10-14-19/h5-14,16-17H,4,15H2,1-3H3,(H,23,27)/t16-,17-/m1/s1. The lowest BCUT2D eigenvalue weighted by Crippen LogP contribution is -2.37. The second kappa shape index (κ2) is 9.55. The molecule has 146 valence electrons. The van der Waals surface area contributed by atoms with E-state index < -0.39 is 0 Å². The van der Waals surface area contributed by atoms with Crippen molar-refractivity contribution in [2.45, 2.75) is 38.4 Å². The molecule has 2 aromatic carbocycles. The maximum absolute atomic E-state index is 12.4. The summed E-state index contributed by atoms with van der Waals surface area (Å²) in [5.74, 6) is 1.54. The van der Waals surface area contributed by atoms with Crippen LogP contribution in [0, 0.1) is 5.92 Å². The Kier molecular flexibility index (Phi) is 6.87. The van der Waals surface area contributed by atoms with Crippen molar-refractivity contribution in [2.75, 3.05) is 5.75 Å². The van der Waals surface area contributed by atoms with Crippen LogP contribution in [0.5, 0.6) is 0 Å². The minimum absolute atomic E-state index is 0.0154. The monoisotopic (exact) mass is 394 g/mol. The Bertz CT molecular complexity index is 895. The van der Waals surface area contributed by atoms with Crippen LogP contribution in [-0.4, -0.2) is 32.5 Å². The van der Waals surface area contributed by atoms with E-state index in [4.69, 9.17) is 0 Å². The van der Waals surface area contributed by atoms with E-state index in [1.165, 1.54) is 11.8 Å². The number of benzene rings is 2. The molecule has 0 radical (unpaired) electrons. The SMILES string of the molecule is CC[C@@H](C)[C@@H](C)NC(=O)CSc1nnc(-c2ccccc2)n1-c1ccccc1. The lowest BCUT2D eigenvalue weighted by Gasteiger charge is -2.19. The highest BCUT2D eigenvalue weighted by molar-refractivity contribution is 7.99. The highest BCUT2D eigenvalue weighted by Crippen LogP contribution is 2.27. The molecule has 0 spiro atoms. The van der Waals surface area contributed by atoms with Crippen molar-refractivity contribution in [1.29, 1.82) is 0 Å². The number of amides is 1. The molecule has 0 aliphatic carbocycles. The summed E-state index contributed by atoms with van der Waals surface area (Å²) in [6.07, 6.45) is 1.04.